The lowest BCUT2D eigenvalue weighted by atomic mass is 9.94. The molecule has 10 nitrogen and oxygen atoms in total. The molecule has 162 valence electrons. The van der Waals surface area contributed by atoms with Crippen molar-refractivity contribution in [2.24, 2.45) is 0 Å². The Morgan fingerprint density at radius 2 is 1.80 bits per heavy atom. The maximum Gasteiger partial charge on any atom is 0.229 e. The number of aromatic hydroxyl groups is 3. The van der Waals surface area contributed by atoms with Crippen LogP contribution in [0, 0.1) is 0 Å². The summed E-state index contributed by atoms with van der Waals surface area (Å²) in [7, 11) is 0. The van der Waals surface area contributed by atoms with E-state index in [2.05, 4.69) is 0 Å². The van der Waals surface area contributed by atoms with Gasteiger partial charge in [0.15, 0.2) is 11.5 Å². The molecule has 30 heavy (non-hydrogen) atoms. The number of aliphatic hydroxyl groups excluding tert-OH is 3. The first-order valence-corrected chi connectivity index (χ1v) is 9.24. The van der Waals surface area contributed by atoms with Crippen molar-refractivity contribution < 1.29 is 50.0 Å². The summed E-state index contributed by atoms with van der Waals surface area (Å²) in [5.74, 6) is -0.606. The van der Waals surface area contributed by atoms with E-state index in [4.69, 9.17) is 14.2 Å². The molecule has 1 saturated heterocycles. The van der Waals surface area contributed by atoms with Crippen molar-refractivity contribution in [3.05, 3.63) is 41.5 Å². The summed E-state index contributed by atoms with van der Waals surface area (Å²) in [5, 5.41) is 69.4. The van der Waals surface area contributed by atoms with Gasteiger partial charge in [0.1, 0.15) is 35.1 Å². The zero-order valence-electron chi connectivity index (χ0n) is 15.7. The molecular formula is C20H22O10. The molecule has 7 N–H and O–H groups in total. The predicted octanol–water partition coefficient (Wildman–Crippen LogP) is -0.340. The van der Waals surface area contributed by atoms with Crippen molar-refractivity contribution >= 4 is 0 Å². The maximum absolute atomic E-state index is 10.5. The van der Waals surface area contributed by atoms with Gasteiger partial charge in [0.25, 0.3) is 0 Å². The maximum atomic E-state index is 10.5. The fourth-order valence-corrected chi connectivity index (χ4v) is 3.55. The Morgan fingerprint density at radius 1 is 1.03 bits per heavy atom. The second kappa shape index (κ2) is 7.49. The first kappa shape index (κ1) is 20.5. The van der Waals surface area contributed by atoms with Crippen molar-refractivity contribution in [3.8, 4) is 28.7 Å². The highest BCUT2D eigenvalue weighted by Gasteiger charge is 2.49. The standard InChI is InChI=1S/C20H22O10/c21-7-20(27)8-28-19(18(20)26)29-10-4-13(23)11-6-15(25)17(30-16(11)5-10)9-1-2-12(22)14(24)3-9/h1-5,15,17-19,21-27H,6-8H2/t15-,17+,18-,19-,20-/m0/s1. The van der Waals surface area contributed by atoms with E-state index in [0.717, 1.165) is 0 Å². The smallest absolute Gasteiger partial charge is 0.229 e. The van der Waals surface area contributed by atoms with E-state index in [9.17, 15) is 35.7 Å². The monoisotopic (exact) mass is 422 g/mol. The molecule has 10 heteroatoms. The molecule has 0 radical (unpaired) electrons. The topological polar surface area (TPSA) is 169 Å². The third-order valence-corrected chi connectivity index (χ3v) is 5.34. The van der Waals surface area contributed by atoms with Gasteiger partial charge in [-0.1, -0.05) is 6.07 Å². The largest absolute Gasteiger partial charge is 0.507 e. The lowest BCUT2D eigenvalue weighted by Gasteiger charge is -2.32. The van der Waals surface area contributed by atoms with Crippen LogP contribution in [0.1, 0.15) is 17.2 Å². The summed E-state index contributed by atoms with van der Waals surface area (Å²) in [5.41, 5.74) is -1.10. The zero-order valence-corrected chi connectivity index (χ0v) is 15.7. The summed E-state index contributed by atoms with van der Waals surface area (Å²) in [6, 6.07) is 6.72. The molecule has 0 saturated carbocycles. The lowest BCUT2D eigenvalue weighted by Crippen LogP contribution is -2.48. The third kappa shape index (κ3) is 3.48. The Hall–Kier alpha value is -2.76. The van der Waals surface area contributed by atoms with Crippen LogP contribution in [0.4, 0.5) is 0 Å². The Bertz CT molecular complexity index is 947. The van der Waals surface area contributed by atoms with Crippen molar-refractivity contribution in [2.75, 3.05) is 13.2 Å². The summed E-state index contributed by atoms with van der Waals surface area (Å²) in [6.45, 7) is -1.05. The summed E-state index contributed by atoms with van der Waals surface area (Å²) in [4.78, 5) is 0. The van der Waals surface area contributed by atoms with Gasteiger partial charge in [0, 0.05) is 24.1 Å². The third-order valence-electron chi connectivity index (χ3n) is 5.34. The minimum Gasteiger partial charge on any atom is -0.507 e. The van der Waals surface area contributed by atoms with Gasteiger partial charge in [-0.15, -0.1) is 0 Å². The van der Waals surface area contributed by atoms with E-state index in [1.807, 2.05) is 0 Å². The van der Waals surface area contributed by atoms with Crippen LogP contribution < -0.4 is 9.47 Å². The van der Waals surface area contributed by atoms with Crippen LogP contribution in [0.2, 0.25) is 0 Å². The first-order valence-electron chi connectivity index (χ1n) is 9.24. The Kier molecular flexibility index (Phi) is 5.12. The van der Waals surface area contributed by atoms with Crippen molar-refractivity contribution in [1.82, 2.24) is 0 Å². The minimum absolute atomic E-state index is 0.0561. The highest BCUT2D eigenvalue weighted by molar-refractivity contribution is 5.52. The second-order valence-electron chi connectivity index (χ2n) is 7.48. The van der Waals surface area contributed by atoms with Gasteiger partial charge in [-0.05, 0) is 17.7 Å². The number of benzene rings is 2. The molecule has 2 aliphatic rings. The quantitative estimate of drug-likeness (QED) is 0.324. The summed E-state index contributed by atoms with van der Waals surface area (Å²) >= 11 is 0. The van der Waals surface area contributed by atoms with Gasteiger partial charge in [-0.3, -0.25) is 0 Å². The number of phenols is 3. The molecule has 2 aromatic carbocycles. The molecule has 2 heterocycles. The highest BCUT2D eigenvalue weighted by Crippen LogP contribution is 2.43. The Balaban J connectivity index is 1.59. The second-order valence-corrected chi connectivity index (χ2v) is 7.48. The molecule has 0 bridgehead atoms. The molecule has 0 amide bonds. The van der Waals surface area contributed by atoms with E-state index in [0.29, 0.717) is 11.1 Å². The first-order chi connectivity index (χ1) is 14.2. The van der Waals surface area contributed by atoms with E-state index in [1.165, 1.54) is 30.3 Å². The average molecular weight is 422 g/mol. The number of hydrogen-bond acceptors (Lipinski definition) is 10. The van der Waals surface area contributed by atoms with Gasteiger partial charge in [0.2, 0.25) is 6.29 Å². The van der Waals surface area contributed by atoms with Crippen LogP contribution in [0.5, 0.6) is 28.7 Å². The van der Waals surface area contributed by atoms with E-state index < -0.39 is 36.8 Å². The normalized spacial score (nSPS) is 30.5. The Morgan fingerprint density at radius 3 is 2.47 bits per heavy atom. The predicted molar refractivity (Wildman–Crippen MR) is 99.4 cm³/mol. The van der Waals surface area contributed by atoms with E-state index in [1.54, 1.807) is 0 Å². The van der Waals surface area contributed by atoms with Crippen LogP contribution in [-0.4, -0.2) is 73.1 Å². The fraction of sp³-hybridized carbons (Fsp3) is 0.400. The van der Waals surface area contributed by atoms with Crippen LogP contribution in [-0.2, 0) is 11.2 Å². The number of phenolic OH excluding ortho intramolecular Hbond substituents is 3. The number of hydrogen-bond donors (Lipinski definition) is 7. The molecule has 2 aromatic rings. The number of rotatable bonds is 4. The summed E-state index contributed by atoms with van der Waals surface area (Å²) in [6.07, 6.45) is -4.65. The summed E-state index contributed by atoms with van der Waals surface area (Å²) < 4.78 is 16.5. The molecular weight excluding hydrogens is 400 g/mol. The SMILES string of the molecule is OC[C@]1(O)CO[C@@H](Oc2cc(O)c3c(c2)O[C@H](c2ccc(O)c(O)c2)[C@@H](O)C3)[C@@H]1O. The van der Waals surface area contributed by atoms with Crippen molar-refractivity contribution in [2.45, 2.75) is 36.6 Å². The van der Waals surface area contributed by atoms with Crippen LogP contribution in [0.3, 0.4) is 0 Å². The highest BCUT2D eigenvalue weighted by atomic mass is 16.7. The fourth-order valence-electron chi connectivity index (χ4n) is 3.55. The molecule has 0 aliphatic carbocycles. The van der Waals surface area contributed by atoms with E-state index in [-0.39, 0.29) is 41.8 Å². The minimum atomic E-state index is -1.85. The van der Waals surface area contributed by atoms with Crippen LogP contribution >= 0.6 is 0 Å². The lowest BCUT2D eigenvalue weighted by molar-refractivity contribution is -0.115. The number of fused-ring (bicyclic) bond motifs is 1. The van der Waals surface area contributed by atoms with Crippen molar-refractivity contribution in [1.29, 1.82) is 0 Å². The van der Waals surface area contributed by atoms with E-state index >= 15 is 0 Å². The molecule has 0 unspecified atom stereocenters. The van der Waals surface area contributed by atoms with Gasteiger partial charge < -0.3 is 50.0 Å². The number of ether oxygens (including phenoxy) is 3. The van der Waals surface area contributed by atoms with Crippen molar-refractivity contribution in [3.63, 3.8) is 0 Å². The molecule has 0 spiro atoms. The van der Waals surface area contributed by atoms with Gasteiger partial charge in [0.05, 0.1) is 19.3 Å². The average Bonchev–Trinajstić information content (AvgIpc) is 2.99. The molecule has 2 aliphatic heterocycles. The molecule has 1 fully saturated rings. The van der Waals surface area contributed by atoms with Gasteiger partial charge in [-0.2, -0.15) is 0 Å². The Labute approximate surface area is 170 Å². The molecule has 0 aromatic heterocycles. The van der Waals surface area contributed by atoms with Gasteiger partial charge in [-0.25, -0.2) is 0 Å². The van der Waals surface area contributed by atoms with Crippen LogP contribution in [0.15, 0.2) is 30.3 Å². The molecule has 5 atom stereocenters. The van der Waals surface area contributed by atoms with Crippen LogP contribution in [0.25, 0.3) is 0 Å². The van der Waals surface area contributed by atoms with Gasteiger partial charge >= 0.3 is 0 Å². The number of aliphatic hydroxyl groups is 4. The molecule has 4 rings (SSSR count). The zero-order chi connectivity index (χ0) is 21.6.